The molecule has 0 saturated carbocycles. The van der Waals surface area contributed by atoms with E-state index in [0.717, 1.165) is 62.0 Å². The number of benzene rings is 15. The number of anilines is 6. The number of aromatic nitrogens is 1. The first-order valence-corrected chi connectivity index (χ1v) is 39.0. The smallest absolute Gasteiger partial charge is 0.252 e. The van der Waals surface area contributed by atoms with Crippen LogP contribution in [0.5, 0.6) is 0 Å². The largest absolute Gasteiger partial charge is 0.311 e. The summed E-state index contributed by atoms with van der Waals surface area (Å²) >= 11 is 0. The number of fused-ring (bicyclic) bond motifs is 7. The standard InChI is InChI=1S/C94H72BN3Si2/c1-94(2,3)70-55-60-88(83(62-70)68-35-14-5-15-36-68)98-90-66-80(100(76-45-22-9-23-46-76,77-47-24-10-25-48-77)78-49-26-11-27-50-78)57-59-85(90)95-84-58-56-79(99(73-39-16-6-17-40-73,74-41-18-7-19-42-74)75-43-20-8-21-44-75)65-89(84)96(71-38-32-37-69(61-71)67-33-12-4-13-34-67)91-63-72(64-92(98)93(91)95)97-86-53-30-28-51-81(86)82-52-29-31-54-87(82)97/h4-66H,1-3H3. The van der Waals surface area contributed by atoms with Gasteiger partial charge in [0.15, 0.2) is 16.1 Å². The molecular formula is C94H72BN3Si2. The summed E-state index contributed by atoms with van der Waals surface area (Å²) in [7, 11) is -6.29. The van der Waals surface area contributed by atoms with Crippen molar-refractivity contribution < 1.29 is 0 Å². The summed E-state index contributed by atoms with van der Waals surface area (Å²) in [6.45, 7) is 6.79. The summed E-state index contributed by atoms with van der Waals surface area (Å²) in [4.78, 5) is 5.37. The van der Waals surface area contributed by atoms with Gasteiger partial charge in [0.1, 0.15) is 0 Å². The van der Waals surface area contributed by atoms with Crippen LogP contribution in [0.1, 0.15) is 26.3 Å². The molecule has 6 heteroatoms. The van der Waals surface area contributed by atoms with Gasteiger partial charge in [-0.05, 0) is 146 Å². The molecule has 0 aliphatic carbocycles. The zero-order valence-electron chi connectivity index (χ0n) is 56.3. The van der Waals surface area contributed by atoms with Crippen LogP contribution in [0.2, 0.25) is 0 Å². The molecule has 0 N–H and O–H groups in total. The molecule has 18 rings (SSSR count). The van der Waals surface area contributed by atoms with Crippen molar-refractivity contribution in [1.82, 2.24) is 4.57 Å². The van der Waals surface area contributed by atoms with Crippen molar-refractivity contribution in [2.24, 2.45) is 0 Å². The van der Waals surface area contributed by atoms with Gasteiger partial charge in [-0.3, -0.25) is 0 Å². The first-order chi connectivity index (χ1) is 49.3. The zero-order valence-corrected chi connectivity index (χ0v) is 58.3. The molecule has 2 aliphatic heterocycles. The number of nitrogens with zero attached hydrogens (tertiary/aromatic N) is 3. The van der Waals surface area contributed by atoms with Crippen molar-refractivity contribution >= 4 is 137 Å². The van der Waals surface area contributed by atoms with E-state index < -0.39 is 16.1 Å². The van der Waals surface area contributed by atoms with Crippen LogP contribution in [0.25, 0.3) is 49.7 Å². The predicted molar refractivity (Wildman–Crippen MR) is 432 cm³/mol. The maximum atomic E-state index is 2.70. The SMILES string of the molecule is CC(C)(C)c1ccc(N2c3cc([Si](c4ccccc4)(c4ccccc4)c4ccccc4)ccc3B3c4ccc([Si](c5ccccc5)(c5ccccc5)c5ccccc5)cc4N(c4cccc(-c5ccccc5)c4)c4cc(-n5c6ccccc6c6ccccc65)cc2c43)c(-c2ccccc2)c1. The first kappa shape index (κ1) is 60.6. The van der Waals surface area contributed by atoms with Crippen LogP contribution < -0.4 is 67.7 Å². The molecule has 100 heavy (non-hydrogen) atoms. The molecule has 3 nitrogen and oxygen atoms in total. The van der Waals surface area contributed by atoms with Gasteiger partial charge < -0.3 is 14.4 Å². The quantitative estimate of drug-likeness (QED) is 0.0842. The Balaban J connectivity index is 1.03. The molecule has 0 spiro atoms. The summed E-state index contributed by atoms with van der Waals surface area (Å²) in [5.74, 6) is 0. The summed E-state index contributed by atoms with van der Waals surface area (Å²) in [5.41, 5.74) is 19.7. The Morgan fingerprint density at radius 3 is 1.08 bits per heavy atom. The van der Waals surface area contributed by atoms with Crippen LogP contribution in [0.15, 0.2) is 382 Å². The Morgan fingerprint density at radius 2 is 0.640 bits per heavy atom. The monoisotopic (exact) mass is 1310 g/mol. The van der Waals surface area contributed by atoms with Gasteiger partial charge in [0, 0.05) is 44.8 Å². The van der Waals surface area contributed by atoms with Crippen LogP contribution >= 0.6 is 0 Å². The van der Waals surface area contributed by atoms with Crippen molar-refractivity contribution in [3.63, 3.8) is 0 Å². The van der Waals surface area contributed by atoms with Gasteiger partial charge in [-0.15, -0.1) is 0 Å². The first-order valence-electron chi connectivity index (χ1n) is 35.0. The molecule has 0 fully saturated rings. The highest BCUT2D eigenvalue weighted by molar-refractivity contribution is 7.20. The number of hydrogen-bond donors (Lipinski definition) is 0. The van der Waals surface area contributed by atoms with Gasteiger partial charge in [0.05, 0.1) is 22.4 Å². The van der Waals surface area contributed by atoms with E-state index >= 15 is 0 Å². The van der Waals surface area contributed by atoms with Gasteiger partial charge in [-0.25, -0.2) is 0 Å². The minimum Gasteiger partial charge on any atom is -0.311 e. The second-order valence-corrected chi connectivity index (χ2v) is 35.5. The summed E-state index contributed by atoms with van der Waals surface area (Å²) in [6.07, 6.45) is 0. The molecule has 0 amide bonds. The van der Waals surface area contributed by atoms with Gasteiger partial charge in [0.25, 0.3) is 6.71 Å². The Morgan fingerprint density at radius 1 is 0.260 bits per heavy atom. The van der Waals surface area contributed by atoms with Crippen molar-refractivity contribution in [3.05, 3.63) is 388 Å². The molecule has 15 aromatic carbocycles. The lowest BCUT2D eigenvalue weighted by atomic mass is 9.33. The maximum absolute atomic E-state index is 3.16. The van der Waals surface area contributed by atoms with Crippen molar-refractivity contribution in [2.75, 3.05) is 9.80 Å². The Bertz CT molecular complexity index is 5460. The highest BCUT2D eigenvalue weighted by Crippen LogP contribution is 2.49. The van der Waals surface area contributed by atoms with Crippen molar-refractivity contribution in [2.45, 2.75) is 26.2 Å². The van der Waals surface area contributed by atoms with Crippen molar-refractivity contribution in [3.8, 4) is 27.9 Å². The number of hydrogen-bond acceptors (Lipinski definition) is 2. The van der Waals surface area contributed by atoms with E-state index in [9.17, 15) is 0 Å². The summed E-state index contributed by atoms with van der Waals surface area (Å²) < 4.78 is 2.54. The molecule has 3 heterocycles. The molecule has 2 aliphatic rings. The lowest BCUT2D eigenvalue weighted by molar-refractivity contribution is 0.590. The van der Waals surface area contributed by atoms with Crippen molar-refractivity contribution in [1.29, 1.82) is 0 Å². The fraction of sp³-hybridized carbons (Fsp3) is 0.0426. The molecule has 474 valence electrons. The lowest BCUT2D eigenvalue weighted by Gasteiger charge is -2.46. The number of rotatable bonds is 13. The van der Waals surface area contributed by atoms with Crippen LogP contribution in [0.3, 0.4) is 0 Å². The van der Waals surface area contributed by atoms with E-state index in [4.69, 9.17) is 0 Å². The summed E-state index contributed by atoms with van der Waals surface area (Å²) in [6, 6.07) is 146. The molecule has 1 aromatic heterocycles. The maximum Gasteiger partial charge on any atom is 0.252 e. The topological polar surface area (TPSA) is 11.4 Å². The van der Waals surface area contributed by atoms with Gasteiger partial charge in [-0.2, -0.15) is 0 Å². The van der Waals surface area contributed by atoms with E-state index in [0.29, 0.717) is 0 Å². The van der Waals surface area contributed by atoms with Crippen LogP contribution in [-0.4, -0.2) is 27.4 Å². The van der Waals surface area contributed by atoms with Gasteiger partial charge >= 0.3 is 0 Å². The van der Waals surface area contributed by atoms with Gasteiger partial charge in [-0.1, -0.05) is 342 Å². The molecule has 0 atom stereocenters. The molecule has 0 saturated heterocycles. The second kappa shape index (κ2) is 24.6. The molecule has 0 radical (unpaired) electrons. The average molecular weight is 1310 g/mol. The van der Waals surface area contributed by atoms with Gasteiger partial charge in [0.2, 0.25) is 0 Å². The highest BCUT2D eigenvalue weighted by Gasteiger charge is 2.49. The van der Waals surface area contributed by atoms with E-state index in [-0.39, 0.29) is 12.1 Å². The van der Waals surface area contributed by atoms with Crippen LogP contribution in [-0.2, 0) is 5.41 Å². The Labute approximate surface area is 589 Å². The minimum absolute atomic E-state index is 0.138. The second-order valence-electron chi connectivity index (χ2n) is 27.9. The molecule has 16 aromatic rings. The molecule has 0 bridgehead atoms. The van der Waals surface area contributed by atoms with E-state index in [1.807, 2.05) is 0 Å². The minimum atomic E-state index is -3.16. The molecule has 0 unspecified atom stereocenters. The normalized spacial score (nSPS) is 12.7. The highest BCUT2D eigenvalue weighted by atomic mass is 28.3. The fourth-order valence-corrected chi connectivity index (χ4v) is 26.5. The lowest BCUT2D eigenvalue weighted by Crippen LogP contribution is -2.75. The van der Waals surface area contributed by atoms with E-state index in [1.165, 1.54) is 85.3 Å². The Hall–Kier alpha value is -11.8. The third-order valence-corrected chi connectivity index (χ3v) is 31.0. The average Bonchev–Trinajstić information content (AvgIpc) is 0.765. The van der Waals surface area contributed by atoms with E-state index in [2.05, 4.69) is 417 Å². The number of para-hydroxylation sites is 2. The third kappa shape index (κ3) is 9.76. The third-order valence-electron chi connectivity index (χ3n) is 21.4. The summed E-state index contributed by atoms with van der Waals surface area (Å²) in [5, 5.41) is 13.0. The van der Waals surface area contributed by atoms with Crippen LogP contribution in [0, 0.1) is 0 Å². The fourth-order valence-electron chi connectivity index (χ4n) is 16.9. The molecular weight excluding hydrogens is 1240 g/mol. The van der Waals surface area contributed by atoms with E-state index in [1.54, 1.807) is 0 Å². The Kier molecular flexibility index (Phi) is 14.9. The van der Waals surface area contributed by atoms with Crippen LogP contribution in [0.4, 0.5) is 34.1 Å². The predicted octanol–water partition coefficient (Wildman–Crippen LogP) is 16.3. The zero-order chi connectivity index (χ0) is 66.9.